The summed E-state index contributed by atoms with van der Waals surface area (Å²) in [4.78, 5) is 10.3. The number of carboxylic acids is 1. The summed E-state index contributed by atoms with van der Waals surface area (Å²) in [5, 5.41) is 8.43. The lowest BCUT2D eigenvalue weighted by atomic mass is 10.1. The fourth-order valence-corrected chi connectivity index (χ4v) is 1.39. The van der Waals surface area contributed by atoms with Gasteiger partial charge in [-0.3, -0.25) is 4.79 Å². The molecule has 0 aliphatic heterocycles. The average Bonchev–Trinajstić information content (AvgIpc) is 2.19. The van der Waals surface area contributed by atoms with Crippen molar-refractivity contribution in [2.45, 2.75) is 12.8 Å². The summed E-state index contributed by atoms with van der Waals surface area (Å²) in [7, 11) is 1.33. The molecule has 0 bridgehead atoms. The highest BCUT2D eigenvalue weighted by molar-refractivity contribution is 6.31. The van der Waals surface area contributed by atoms with Crippen molar-refractivity contribution < 1.29 is 19.0 Å². The molecule has 1 aromatic carbocycles. The lowest BCUT2D eigenvalue weighted by Crippen LogP contribution is -1.99. The van der Waals surface area contributed by atoms with E-state index in [1.165, 1.54) is 19.2 Å². The van der Waals surface area contributed by atoms with E-state index in [0.717, 1.165) is 0 Å². The van der Waals surface area contributed by atoms with Crippen LogP contribution in [-0.2, 0) is 11.2 Å². The standard InChI is InChI=1S/C10H10ClFO3/c1-15-8-5-6(2-3-9(13)14)4-7(11)10(8)12/h4-5H,2-3H2,1H3,(H,13,14). The molecule has 82 valence electrons. The van der Waals surface area contributed by atoms with Crippen molar-refractivity contribution >= 4 is 17.6 Å². The smallest absolute Gasteiger partial charge is 0.303 e. The number of carboxylic acid groups (broad SMARTS) is 1. The van der Waals surface area contributed by atoms with Crippen LogP contribution in [0.3, 0.4) is 0 Å². The number of hydrogen-bond acceptors (Lipinski definition) is 2. The SMILES string of the molecule is COc1cc(CCC(=O)O)cc(Cl)c1F. The first-order valence-electron chi connectivity index (χ1n) is 4.28. The van der Waals surface area contributed by atoms with Crippen LogP contribution in [0.15, 0.2) is 12.1 Å². The molecule has 5 heteroatoms. The molecule has 0 radical (unpaired) electrons. The van der Waals surface area contributed by atoms with E-state index in [9.17, 15) is 9.18 Å². The van der Waals surface area contributed by atoms with Crippen molar-refractivity contribution in [2.75, 3.05) is 7.11 Å². The van der Waals surface area contributed by atoms with Crippen LogP contribution in [0, 0.1) is 5.82 Å². The second-order valence-corrected chi connectivity index (χ2v) is 3.39. The summed E-state index contributed by atoms with van der Waals surface area (Å²) in [6.45, 7) is 0. The normalized spacial score (nSPS) is 10.1. The number of benzene rings is 1. The Morgan fingerprint density at radius 2 is 2.27 bits per heavy atom. The van der Waals surface area contributed by atoms with Crippen LogP contribution in [0.25, 0.3) is 0 Å². The Labute approximate surface area is 91.4 Å². The molecule has 15 heavy (non-hydrogen) atoms. The molecule has 0 aromatic heterocycles. The van der Waals surface area contributed by atoms with Crippen LogP contribution >= 0.6 is 11.6 Å². The van der Waals surface area contributed by atoms with E-state index in [2.05, 4.69) is 0 Å². The van der Waals surface area contributed by atoms with Crippen LogP contribution in [0.5, 0.6) is 5.75 Å². The zero-order valence-corrected chi connectivity index (χ0v) is 8.84. The van der Waals surface area contributed by atoms with Crippen molar-refractivity contribution in [1.82, 2.24) is 0 Å². The molecule has 0 saturated carbocycles. The number of rotatable bonds is 4. The Hall–Kier alpha value is -1.29. The first-order valence-corrected chi connectivity index (χ1v) is 4.66. The molecule has 0 atom stereocenters. The average molecular weight is 233 g/mol. The highest BCUT2D eigenvalue weighted by Crippen LogP contribution is 2.27. The molecule has 0 heterocycles. The van der Waals surface area contributed by atoms with Gasteiger partial charge in [0.15, 0.2) is 11.6 Å². The molecule has 3 nitrogen and oxygen atoms in total. The summed E-state index contributed by atoms with van der Waals surface area (Å²) >= 11 is 5.61. The van der Waals surface area contributed by atoms with Gasteiger partial charge in [-0.1, -0.05) is 11.6 Å². The van der Waals surface area contributed by atoms with Gasteiger partial charge in [0.1, 0.15) is 0 Å². The Morgan fingerprint density at radius 3 is 2.80 bits per heavy atom. The molecule has 1 aromatic rings. The van der Waals surface area contributed by atoms with Gasteiger partial charge in [-0.2, -0.15) is 0 Å². The van der Waals surface area contributed by atoms with Crippen LogP contribution in [0.1, 0.15) is 12.0 Å². The number of halogens is 2. The first-order chi connectivity index (χ1) is 7.04. The zero-order chi connectivity index (χ0) is 11.4. The van der Waals surface area contributed by atoms with Gasteiger partial charge >= 0.3 is 5.97 Å². The van der Waals surface area contributed by atoms with Gasteiger partial charge < -0.3 is 9.84 Å². The lowest BCUT2D eigenvalue weighted by molar-refractivity contribution is -0.136. The molecule has 0 fully saturated rings. The van der Waals surface area contributed by atoms with E-state index in [4.69, 9.17) is 21.4 Å². The molecule has 0 spiro atoms. The van der Waals surface area contributed by atoms with Crippen LogP contribution < -0.4 is 4.74 Å². The number of hydrogen-bond donors (Lipinski definition) is 1. The second kappa shape index (κ2) is 4.98. The van der Waals surface area contributed by atoms with E-state index >= 15 is 0 Å². The molecule has 0 aliphatic carbocycles. The largest absolute Gasteiger partial charge is 0.494 e. The number of ether oxygens (including phenoxy) is 1. The van der Waals surface area contributed by atoms with Crippen molar-refractivity contribution in [3.05, 3.63) is 28.5 Å². The van der Waals surface area contributed by atoms with Gasteiger partial charge in [0.25, 0.3) is 0 Å². The molecule has 1 rings (SSSR count). The van der Waals surface area contributed by atoms with E-state index in [0.29, 0.717) is 12.0 Å². The monoisotopic (exact) mass is 232 g/mol. The maximum absolute atomic E-state index is 13.2. The highest BCUT2D eigenvalue weighted by Gasteiger charge is 2.10. The molecular formula is C10H10ClFO3. The number of aliphatic carboxylic acids is 1. The summed E-state index contributed by atoms with van der Waals surface area (Å²) < 4.78 is 18.0. The van der Waals surface area contributed by atoms with Gasteiger partial charge in [-0.05, 0) is 24.1 Å². The van der Waals surface area contributed by atoms with E-state index in [1.807, 2.05) is 0 Å². The van der Waals surface area contributed by atoms with Gasteiger partial charge in [0.05, 0.1) is 12.1 Å². The predicted octanol–water partition coefficient (Wildman–Crippen LogP) is 2.50. The third-order valence-electron chi connectivity index (χ3n) is 1.90. The summed E-state index contributed by atoms with van der Waals surface area (Å²) in [5.41, 5.74) is 0.639. The van der Waals surface area contributed by atoms with Crippen LogP contribution in [-0.4, -0.2) is 18.2 Å². The van der Waals surface area contributed by atoms with E-state index in [1.54, 1.807) is 0 Å². The van der Waals surface area contributed by atoms with Crippen molar-refractivity contribution in [2.24, 2.45) is 0 Å². The summed E-state index contributed by atoms with van der Waals surface area (Å²) in [6.07, 6.45) is 0.275. The Balaban J connectivity index is 2.90. The maximum Gasteiger partial charge on any atom is 0.303 e. The predicted molar refractivity (Wildman–Crippen MR) is 53.9 cm³/mol. The third kappa shape index (κ3) is 3.09. The highest BCUT2D eigenvalue weighted by atomic mass is 35.5. The van der Waals surface area contributed by atoms with Gasteiger partial charge in [-0.15, -0.1) is 0 Å². The van der Waals surface area contributed by atoms with Gasteiger partial charge in [0.2, 0.25) is 0 Å². The quantitative estimate of drug-likeness (QED) is 0.868. The summed E-state index contributed by atoms with van der Waals surface area (Å²) in [5.74, 6) is -1.50. The van der Waals surface area contributed by atoms with Crippen LogP contribution in [0.2, 0.25) is 5.02 Å². The zero-order valence-electron chi connectivity index (χ0n) is 8.09. The van der Waals surface area contributed by atoms with Crippen molar-refractivity contribution in [1.29, 1.82) is 0 Å². The molecule has 1 N–H and O–H groups in total. The fraction of sp³-hybridized carbons (Fsp3) is 0.300. The van der Waals surface area contributed by atoms with Crippen LogP contribution in [0.4, 0.5) is 4.39 Å². The minimum Gasteiger partial charge on any atom is -0.494 e. The number of methoxy groups -OCH3 is 1. The van der Waals surface area contributed by atoms with E-state index in [-0.39, 0.29) is 17.2 Å². The molecule has 0 saturated heterocycles. The molecular weight excluding hydrogens is 223 g/mol. The van der Waals surface area contributed by atoms with Crippen molar-refractivity contribution in [3.8, 4) is 5.75 Å². The molecule has 0 amide bonds. The topological polar surface area (TPSA) is 46.5 Å². The van der Waals surface area contributed by atoms with Crippen molar-refractivity contribution in [3.63, 3.8) is 0 Å². The van der Waals surface area contributed by atoms with E-state index < -0.39 is 11.8 Å². The van der Waals surface area contributed by atoms with Gasteiger partial charge in [0, 0.05) is 6.42 Å². The molecule has 0 aliphatic rings. The fourth-order valence-electron chi connectivity index (χ4n) is 1.16. The van der Waals surface area contributed by atoms with Gasteiger partial charge in [-0.25, -0.2) is 4.39 Å². The Morgan fingerprint density at radius 1 is 1.60 bits per heavy atom. The molecule has 0 unspecified atom stereocenters. The number of aryl methyl sites for hydroxylation is 1. The second-order valence-electron chi connectivity index (χ2n) is 2.99. The maximum atomic E-state index is 13.2. The number of carbonyl (C=O) groups is 1. The lowest BCUT2D eigenvalue weighted by Gasteiger charge is -2.06. The first kappa shape index (κ1) is 11.8. The third-order valence-corrected chi connectivity index (χ3v) is 2.18. The minimum absolute atomic E-state index is 0.0227. The summed E-state index contributed by atoms with van der Waals surface area (Å²) in [6, 6.07) is 2.85. The Kier molecular flexibility index (Phi) is 3.91. The minimum atomic E-state index is -0.908. The Bertz CT molecular complexity index is 379.